The number of halogens is 1. The molecule has 0 unspecified atom stereocenters. The van der Waals surface area contributed by atoms with Crippen LogP contribution in [0.1, 0.15) is 26.3 Å². The Labute approximate surface area is 198 Å². The van der Waals surface area contributed by atoms with Crippen molar-refractivity contribution < 1.29 is 37.6 Å². The fourth-order valence-corrected chi connectivity index (χ4v) is 5.29. The number of fused-ring (bicyclic) bond motifs is 5. The SMILES string of the molecule is CCN(C)C(=O)Oc1noc2c(F)c3c(cc12)CC1(C(=O)NC(=O)NC1=O)[C@H]1[C@H](C)O[C@H](C)CN31. The molecule has 1 spiro atoms. The summed E-state index contributed by atoms with van der Waals surface area (Å²) >= 11 is 0. The van der Waals surface area contributed by atoms with Crippen molar-refractivity contribution in [3.63, 3.8) is 0 Å². The van der Waals surface area contributed by atoms with Gasteiger partial charge in [0.1, 0.15) is 0 Å². The van der Waals surface area contributed by atoms with Crippen LogP contribution in [0.25, 0.3) is 11.0 Å². The van der Waals surface area contributed by atoms with Gasteiger partial charge < -0.3 is 23.8 Å². The monoisotopic (exact) mass is 489 g/mol. The predicted molar refractivity (Wildman–Crippen MR) is 117 cm³/mol. The summed E-state index contributed by atoms with van der Waals surface area (Å²) in [5, 5.41) is 8.16. The van der Waals surface area contributed by atoms with Crippen LogP contribution >= 0.6 is 0 Å². The van der Waals surface area contributed by atoms with E-state index < -0.39 is 47.3 Å². The number of ether oxygens (including phenoxy) is 2. The predicted octanol–water partition coefficient (Wildman–Crippen LogP) is 1.31. The Morgan fingerprint density at radius 2 is 2.00 bits per heavy atom. The van der Waals surface area contributed by atoms with Crippen molar-refractivity contribution in [2.75, 3.05) is 25.0 Å². The van der Waals surface area contributed by atoms with Crippen molar-refractivity contribution in [1.29, 1.82) is 0 Å². The van der Waals surface area contributed by atoms with Crippen LogP contribution in [0.3, 0.4) is 0 Å². The molecule has 1 aromatic carbocycles. The second-order valence-corrected chi connectivity index (χ2v) is 9.08. The molecule has 3 aliphatic rings. The number of amides is 5. The highest BCUT2D eigenvalue weighted by Gasteiger charge is 2.63. The van der Waals surface area contributed by atoms with Gasteiger partial charge in [0, 0.05) is 26.6 Å². The normalized spacial score (nSPS) is 25.1. The van der Waals surface area contributed by atoms with Gasteiger partial charge >= 0.3 is 12.1 Å². The third-order valence-electron chi connectivity index (χ3n) is 6.90. The van der Waals surface area contributed by atoms with E-state index >= 15 is 4.39 Å². The Kier molecular flexibility index (Phi) is 5.20. The zero-order chi connectivity index (χ0) is 25.2. The van der Waals surface area contributed by atoms with E-state index in [0.29, 0.717) is 12.1 Å². The van der Waals surface area contributed by atoms with Crippen molar-refractivity contribution in [3.05, 3.63) is 17.4 Å². The van der Waals surface area contributed by atoms with Crippen LogP contribution in [0.15, 0.2) is 10.6 Å². The lowest BCUT2D eigenvalue weighted by Crippen LogP contribution is -2.75. The zero-order valence-electron chi connectivity index (χ0n) is 19.5. The number of urea groups is 1. The standard InChI is InChI=1S/C22H24FN5O7/c1-5-27(4)21(32)34-17-12-6-11-7-22(18(29)24-20(31)25-19(22)30)16-10(3)33-9(2)8-28(16)14(11)13(23)15(12)35-26-17/h6,9-10,16H,5,7-8H2,1-4H3,(H2,24,25,29,30,31)/t9-,10+,16-/m1/s1. The molecule has 2 aromatic rings. The van der Waals surface area contributed by atoms with Gasteiger partial charge in [-0.2, -0.15) is 0 Å². The molecule has 0 saturated carbocycles. The second kappa shape index (κ2) is 7.90. The lowest BCUT2D eigenvalue weighted by atomic mass is 9.66. The molecule has 3 atom stereocenters. The van der Waals surface area contributed by atoms with Gasteiger partial charge in [-0.05, 0) is 37.6 Å². The van der Waals surface area contributed by atoms with Gasteiger partial charge in [0.25, 0.3) is 5.88 Å². The van der Waals surface area contributed by atoms with Crippen LogP contribution in [0.2, 0.25) is 0 Å². The molecular weight excluding hydrogens is 465 g/mol. The minimum absolute atomic E-state index is 0.0785. The maximum atomic E-state index is 15.9. The van der Waals surface area contributed by atoms with Gasteiger partial charge in [-0.15, -0.1) is 0 Å². The Bertz CT molecular complexity index is 1260. The van der Waals surface area contributed by atoms with Gasteiger partial charge in [-0.1, -0.05) is 0 Å². The maximum absolute atomic E-state index is 15.9. The summed E-state index contributed by atoms with van der Waals surface area (Å²) < 4.78 is 32.3. The molecule has 3 aliphatic heterocycles. The van der Waals surface area contributed by atoms with Crippen LogP contribution in [0, 0.1) is 11.2 Å². The van der Waals surface area contributed by atoms with Crippen LogP contribution < -0.4 is 20.3 Å². The lowest BCUT2D eigenvalue weighted by Gasteiger charge is -2.55. The quantitative estimate of drug-likeness (QED) is 0.597. The van der Waals surface area contributed by atoms with Crippen molar-refractivity contribution in [2.24, 2.45) is 5.41 Å². The average molecular weight is 489 g/mol. The van der Waals surface area contributed by atoms with E-state index in [9.17, 15) is 19.2 Å². The molecule has 186 valence electrons. The molecule has 2 fully saturated rings. The smallest absolute Gasteiger partial charge is 0.387 e. The summed E-state index contributed by atoms with van der Waals surface area (Å²) in [4.78, 5) is 53.4. The third kappa shape index (κ3) is 3.25. The van der Waals surface area contributed by atoms with E-state index in [-0.39, 0.29) is 41.6 Å². The van der Waals surface area contributed by atoms with E-state index in [4.69, 9.17) is 14.0 Å². The molecule has 2 saturated heterocycles. The number of nitrogens with one attached hydrogen (secondary N) is 2. The zero-order valence-corrected chi connectivity index (χ0v) is 19.5. The Morgan fingerprint density at radius 3 is 2.66 bits per heavy atom. The van der Waals surface area contributed by atoms with Crippen LogP contribution in [0.4, 0.5) is 19.7 Å². The largest absolute Gasteiger partial charge is 0.416 e. The van der Waals surface area contributed by atoms with Crippen LogP contribution in [-0.2, 0) is 20.7 Å². The number of rotatable bonds is 2. The molecular formula is C22H24FN5O7. The van der Waals surface area contributed by atoms with Crippen molar-refractivity contribution in [3.8, 4) is 5.88 Å². The molecule has 5 amide bonds. The van der Waals surface area contributed by atoms with E-state index in [2.05, 4.69) is 15.8 Å². The number of hydrogen-bond donors (Lipinski definition) is 2. The Morgan fingerprint density at radius 1 is 1.31 bits per heavy atom. The first kappa shape index (κ1) is 23.0. The number of carbonyl (C=O) groups is 4. The molecule has 5 rings (SSSR count). The Hall–Kier alpha value is -3.74. The minimum atomic E-state index is -1.77. The Balaban J connectivity index is 1.69. The number of morpholine rings is 1. The van der Waals surface area contributed by atoms with Gasteiger partial charge in [0.15, 0.2) is 11.2 Å². The number of barbiturate groups is 1. The first-order valence-electron chi connectivity index (χ1n) is 11.2. The molecule has 0 radical (unpaired) electrons. The number of anilines is 1. The maximum Gasteiger partial charge on any atom is 0.416 e. The molecule has 2 N–H and O–H groups in total. The first-order chi connectivity index (χ1) is 16.6. The van der Waals surface area contributed by atoms with Crippen molar-refractivity contribution >= 4 is 40.6 Å². The highest BCUT2D eigenvalue weighted by Crippen LogP contribution is 2.49. The summed E-state index contributed by atoms with van der Waals surface area (Å²) in [6.45, 7) is 5.80. The van der Waals surface area contributed by atoms with Gasteiger partial charge in [0.05, 0.1) is 29.3 Å². The molecule has 4 heterocycles. The topological polar surface area (TPSA) is 143 Å². The fraction of sp³-hybridized carbons (Fsp3) is 0.500. The minimum Gasteiger partial charge on any atom is -0.387 e. The summed E-state index contributed by atoms with van der Waals surface area (Å²) in [7, 11) is 1.53. The summed E-state index contributed by atoms with van der Waals surface area (Å²) in [6.07, 6.45) is -1.93. The van der Waals surface area contributed by atoms with Gasteiger partial charge in [0.2, 0.25) is 17.4 Å². The number of carbonyl (C=O) groups excluding carboxylic acids is 4. The van der Waals surface area contributed by atoms with Gasteiger partial charge in [-0.3, -0.25) is 20.2 Å². The second-order valence-electron chi connectivity index (χ2n) is 9.08. The number of nitrogens with zero attached hydrogens (tertiary/aromatic N) is 3. The van der Waals surface area contributed by atoms with Crippen LogP contribution in [0.5, 0.6) is 5.88 Å². The van der Waals surface area contributed by atoms with Crippen molar-refractivity contribution in [1.82, 2.24) is 20.7 Å². The molecule has 0 bridgehead atoms. The van der Waals surface area contributed by atoms with Gasteiger partial charge in [-0.25, -0.2) is 14.0 Å². The molecule has 1 aromatic heterocycles. The van der Waals surface area contributed by atoms with E-state index in [1.54, 1.807) is 25.7 Å². The summed E-state index contributed by atoms with van der Waals surface area (Å²) in [5.41, 5.74) is -1.54. The fourth-order valence-electron chi connectivity index (χ4n) is 5.29. The summed E-state index contributed by atoms with van der Waals surface area (Å²) in [5.74, 6) is -2.58. The molecule has 35 heavy (non-hydrogen) atoms. The lowest BCUT2D eigenvalue weighted by molar-refractivity contribution is -0.153. The number of hydrogen-bond acceptors (Lipinski definition) is 9. The third-order valence-corrected chi connectivity index (χ3v) is 6.90. The number of imide groups is 2. The van der Waals surface area contributed by atoms with E-state index in [1.165, 1.54) is 18.0 Å². The molecule has 0 aliphatic carbocycles. The van der Waals surface area contributed by atoms with Crippen molar-refractivity contribution in [2.45, 2.75) is 45.4 Å². The summed E-state index contributed by atoms with van der Waals surface area (Å²) in [6, 6.07) is -0.321. The molecule has 13 heteroatoms. The number of benzene rings is 1. The van der Waals surface area contributed by atoms with E-state index in [1.807, 2.05) is 0 Å². The average Bonchev–Trinajstić information content (AvgIpc) is 3.18. The highest BCUT2D eigenvalue weighted by atomic mass is 19.1. The first-order valence-corrected chi connectivity index (χ1v) is 11.2. The number of aromatic nitrogens is 1. The highest BCUT2D eigenvalue weighted by molar-refractivity contribution is 6.20. The van der Waals surface area contributed by atoms with E-state index in [0.717, 1.165) is 0 Å². The molecule has 12 nitrogen and oxygen atoms in total. The van der Waals surface area contributed by atoms with Crippen LogP contribution in [-0.4, -0.2) is 72.4 Å².